The topological polar surface area (TPSA) is 124 Å². The van der Waals surface area contributed by atoms with Crippen LogP contribution in [0.25, 0.3) is 4.85 Å². The van der Waals surface area contributed by atoms with Crippen LogP contribution in [-0.4, -0.2) is 94.6 Å². The molecule has 4 fully saturated rings. The zero-order chi connectivity index (χ0) is 41.5. The number of carbonyl (C=O) groups excluding carboxylic acids is 5. The van der Waals surface area contributed by atoms with Gasteiger partial charge >= 0.3 is 0 Å². The molecule has 5 aliphatic heterocycles. The number of nitrogens with zero attached hydrogens (tertiary/aromatic N) is 5. The molecule has 1 unspecified atom stereocenters. The zero-order valence-electron chi connectivity index (χ0n) is 33.5. The van der Waals surface area contributed by atoms with Crippen LogP contribution >= 0.6 is 0 Å². The molecule has 3 saturated heterocycles. The first kappa shape index (κ1) is 38.5. The maximum Gasteiger partial charge on any atom is 0.262 e. The van der Waals surface area contributed by atoms with Crippen LogP contribution in [0.5, 0.6) is 5.75 Å². The van der Waals surface area contributed by atoms with Crippen molar-refractivity contribution < 1.29 is 33.1 Å². The SMILES string of the molecule is [C-]#[N+]c1ccc(OC2C(C)(C)C(N3Cc4cc(C#CC5CCN(C6CN(c7ccc8c(c7)C(=O)N(C7CCC(=O)NC7=O)C8=O)C6)CC5)ccc4C3=O)C2(C)C)cc1F. The summed E-state index contributed by atoms with van der Waals surface area (Å²) in [4.78, 5) is 75.1. The monoisotopic (exact) mass is 796 g/mol. The summed E-state index contributed by atoms with van der Waals surface area (Å²) in [5.41, 5.74) is 3.10. The highest BCUT2D eigenvalue weighted by atomic mass is 19.1. The first-order chi connectivity index (χ1) is 28.1. The lowest BCUT2D eigenvalue weighted by molar-refractivity contribution is -0.199. The van der Waals surface area contributed by atoms with E-state index in [1.807, 2.05) is 29.2 Å². The molecule has 0 aromatic heterocycles. The molecule has 12 nitrogen and oxygen atoms in total. The van der Waals surface area contributed by atoms with E-state index in [0.717, 1.165) is 60.7 Å². The van der Waals surface area contributed by atoms with Crippen molar-refractivity contribution in [3.63, 3.8) is 0 Å². The molecular formula is C46H45FN6O6. The molecule has 1 saturated carbocycles. The van der Waals surface area contributed by atoms with Gasteiger partial charge in [-0.3, -0.25) is 39.1 Å². The summed E-state index contributed by atoms with van der Waals surface area (Å²) in [6.45, 7) is 19.4. The van der Waals surface area contributed by atoms with Crippen molar-refractivity contribution in [3.05, 3.63) is 99.6 Å². The van der Waals surface area contributed by atoms with Gasteiger partial charge in [0.15, 0.2) is 0 Å². The highest BCUT2D eigenvalue weighted by Crippen LogP contribution is 2.59. The number of benzene rings is 3. The van der Waals surface area contributed by atoms with Crippen molar-refractivity contribution in [1.29, 1.82) is 0 Å². The van der Waals surface area contributed by atoms with Crippen molar-refractivity contribution in [2.75, 3.05) is 31.1 Å². The molecular weight excluding hydrogens is 752 g/mol. The molecule has 302 valence electrons. The lowest BCUT2D eigenvalue weighted by Crippen LogP contribution is -2.74. The summed E-state index contributed by atoms with van der Waals surface area (Å²) >= 11 is 0. The molecule has 6 aliphatic rings. The molecule has 0 spiro atoms. The number of imide groups is 2. The second-order valence-electron chi connectivity index (χ2n) is 17.9. The van der Waals surface area contributed by atoms with E-state index in [-0.39, 0.29) is 48.1 Å². The summed E-state index contributed by atoms with van der Waals surface area (Å²) in [6, 6.07) is 14.7. The van der Waals surface area contributed by atoms with E-state index >= 15 is 0 Å². The third kappa shape index (κ3) is 6.34. The van der Waals surface area contributed by atoms with Crippen LogP contribution < -0.4 is 15.0 Å². The van der Waals surface area contributed by atoms with Crippen LogP contribution in [-0.2, 0) is 16.1 Å². The average Bonchev–Trinajstić information content (AvgIpc) is 3.62. The number of fused-ring (bicyclic) bond motifs is 2. The molecule has 1 atom stereocenters. The van der Waals surface area contributed by atoms with Crippen molar-refractivity contribution in [1.82, 2.24) is 20.0 Å². The Labute approximate surface area is 342 Å². The standard InChI is InChI=1S/C46H45FN6O6/c1-45(2)43(46(3,4)44(45)59-31-10-13-36(48-5)35(47)22-31)52-23-28-20-27(8-11-32(28)40(52)56)7-6-26-16-18-50(19-17-26)30-24-51(25-30)29-9-12-33-34(21-29)42(58)53(41(33)57)37-14-15-38(54)49-39(37)55/h8-13,20-22,26,30,37,43-44H,14-19,23-25H2,1-4H3,(H,49,54,55). The Morgan fingerprint density at radius 2 is 1.56 bits per heavy atom. The molecule has 5 heterocycles. The Bertz CT molecular complexity index is 2430. The van der Waals surface area contributed by atoms with E-state index < -0.39 is 46.3 Å². The van der Waals surface area contributed by atoms with Gasteiger partial charge in [0, 0.05) is 77.8 Å². The number of amides is 5. The van der Waals surface area contributed by atoms with E-state index in [4.69, 9.17) is 11.3 Å². The first-order valence-electron chi connectivity index (χ1n) is 20.3. The second-order valence-corrected chi connectivity index (χ2v) is 17.9. The Balaban J connectivity index is 0.777. The average molecular weight is 797 g/mol. The highest BCUT2D eigenvalue weighted by molar-refractivity contribution is 6.23. The molecule has 1 N–H and O–H groups in total. The van der Waals surface area contributed by atoms with Crippen LogP contribution in [0, 0.1) is 41.0 Å². The number of nitrogens with one attached hydrogen (secondary N) is 1. The second kappa shape index (κ2) is 14.1. The highest BCUT2D eigenvalue weighted by Gasteiger charge is 2.67. The predicted octanol–water partition coefficient (Wildman–Crippen LogP) is 5.57. The predicted molar refractivity (Wildman–Crippen MR) is 215 cm³/mol. The normalized spacial score (nSPS) is 25.1. The number of hydrogen-bond acceptors (Lipinski definition) is 8. The van der Waals surface area contributed by atoms with Gasteiger partial charge in [0.05, 0.1) is 17.7 Å². The molecule has 0 bridgehead atoms. The van der Waals surface area contributed by atoms with Crippen molar-refractivity contribution >= 4 is 40.9 Å². The quantitative estimate of drug-likeness (QED) is 0.195. The summed E-state index contributed by atoms with van der Waals surface area (Å²) in [5, 5.41) is 2.23. The summed E-state index contributed by atoms with van der Waals surface area (Å²) in [5.74, 6) is 4.90. The smallest absolute Gasteiger partial charge is 0.262 e. The van der Waals surface area contributed by atoms with Gasteiger partial charge in [-0.15, -0.1) is 0 Å². The van der Waals surface area contributed by atoms with Crippen LogP contribution in [0.15, 0.2) is 54.6 Å². The fourth-order valence-electron chi connectivity index (χ4n) is 10.8. The Morgan fingerprint density at radius 3 is 2.25 bits per heavy atom. The van der Waals surface area contributed by atoms with Crippen LogP contribution in [0.2, 0.25) is 0 Å². The van der Waals surface area contributed by atoms with E-state index in [9.17, 15) is 28.4 Å². The maximum absolute atomic E-state index is 14.4. The molecule has 9 rings (SSSR count). The van der Waals surface area contributed by atoms with Gasteiger partial charge in [-0.2, -0.15) is 0 Å². The fourth-order valence-corrected chi connectivity index (χ4v) is 10.8. The number of halogens is 1. The van der Waals surface area contributed by atoms with Gasteiger partial charge in [0.1, 0.15) is 23.7 Å². The minimum atomic E-state index is -0.984. The molecule has 0 radical (unpaired) electrons. The van der Waals surface area contributed by atoms with Gasteiger partial charge in [0.25, 0.3) is 17.7 Å². The van der Waals surface area contributed by atoms with E-state index in [2.05, 4.69) is 59.5 Å². The van der Waals surface area contributed by atoms with Crippen LogP contribution in [0.3, 0.4) is 0 Å². The van der Waals surface area contributed by atoms with Gasteiger partial charge in [-0.1, -0.05) is 39.5 Å². The zero-order valence-corrected chi connectivity index (χ0v) is 33.5. The Hall–Kier alpha value is -6.05. The number of hydrogen-bond donors (Lipinski definition) is 1. The third-order valence-corrected chi connectivity index (χ3v) is 13.4. The number of piperidine rings is 2. The summed E-state index contributed by atoms with van der Waals surface area (Å²) < 4.78 is 20.7. The molecule has 3 aromatic rings. The molecule has 3 aromatic carbocycles. The Morgan fingerprint density at radius 1 is 0.847 bits per heavy atom. The lowest BCUT2D eigenvalue weighted by atomic mass is 9.49. The minimum Gasteiger partial charge on any atom is -0.489 e. The van der Waals surface area contributed by atoms with Crippen LogP contribution in [0.1, 0.15) is 95.6 Å². The third-order valence-electron chi connectivity index (χ3n) is 13.4. The van der Waals surface area contributed by atoms with E-state index in [0.29, 0.717) is 29.5 Å². The maximum atomic E-state index is 14.4. The molecule has 13 heteroatoms. The number of likely N-dealkylation sites (tertiary alicyclic amines) is 1. The fraction of sp³-hybridized carbons (Fsp3) is 0.435. The summed E-state index contributed by atoms with van der Waals surface area (Å²) in [7, 11) is 0. The molecule has 1 aliphatic carbocycles. The largest absolute Gasteiger partial charge is 0.489 e. The number of ether oxygens (including phenoxy) is 1. The number of anilines is 1. The Kier molecular flexibility index (Phi) is 9.16. The molecule has 59 heavy (non-hydrogen) atoms. The lowest BCUT2D eigenvalue weighted by Gasteiger charge is -2.65. The molecule has 5 amide bonds. The van der Waals surface area contributed by atoms with Crippen molar-refractivity contribution in [2.24, 2.45) is 16.7 Å². The van der Waals surface area contributed by atoms with E-state index in [1.165, 1.54) is 12.1 Å². The van der Waals surface area contributed by atoms with Crippen LogP contribution in [0.4, 0.5) is 15.8 Å². The number of carbonyl (C=O) groups is 5. The van der Waals surface area contributed by atoms with Crippen molar-refractivity contribution in [3.8, 4) is 17.6 Å². The van der Waals surface area contributed by atoms with Gasteiger partial charge in [-0.25, -0.2) is 9.24 Å². The minimum absolute atomic E-state index is 0.00492. The first-order valence-corrected chi connectivity index (χ1v) is 20.3. The summed E-state index contributed by atoms with van der Waals surface area (Å²) in [6.07, 6.45) is 1.84. The number of rotatable bonds is 6. The van der Waals surface area contributed by atoms with Gasteiger partial charge in [0.2, 0.25) is 17.5 Å². The van der Waals surface area contributed by atoms with Gasteiger partial charge < -0.3 is 14.5 Å². The van der Waals surface area contributed by atoms with Crippen molar-refractivity contribution in [2.45, 2.75) is 84.2 Å². The van der Waals surface area contributed by atoms with E-state index in [1.54, 1.807) is 18.2 Å². The van der Waals surface area contributed by atoms with Gasteiger partial charge in [-0.05, 0) is 86.4 Å².